The number of nitriles is 1. The second-order valence-corrected chi connectivity index (χ2v) is 34.2. The number of halogens is 1. The zero-order valence-electron chi connectivity index (χ0n) is 79.9. The molecule has 0 spiro atoms. The number of likely N-dealkylation sites (tertiary alicyclic amines) is 3. The Morgan fingerprint density at radius 2 is 0.784 bits per heavy atom. The molecule has 2 atom stereocenters. The van der Waals surface area contributed by atoms with Gasteiger partial charge in [0.25, 0.3) is 0 Å². The van der Waals surface area contributed by atoms with Crippen LogP contribution in [0.3, 0.4) is 0 Å². The Kier molecular flexibility index (Phi) is 32.9. The Bertz CT molecular complexity index is 6890. The maximum Gasteiger partial charge on any atom is 0.222 e. The molecule has 3 aliphatic rings. The summed E-state index contributed by atoms with van der Waals surface area (Å²) in [5, 5.41) is 46.2. The number of ether oxygens (including phenoxy) is 7. The fraction of sp³-hybridized carbons (Fsp3) is 0.320. The molecule has 16 aromatic rings. The largest absolute Gasteiger partial charge is 0.497 e. The van der Waals surface area contributed by atoms with Crippen molar-refractivity contribution in [2.45, 2.75) is 51.0 Å². The lowest BCUT2D eigenvalue weighted by Gasteiger charge is -2.28. The maximum absolute atomic E-state index is 12.1. The van der Waals surface area contributed by atoms with E-state index < -0.39 is 0 Å². The monoisotopic (exact) mass is 1910 g/mol. The van der Waals surface area contributed by atoms with Crippen molar-refractivity contribution in [2.75, 3.05) is 155 Å². The topological polar surface area (TPSA) is 343 Å². The molecule has 0 radical (unpaired) electrons. The Hall–Kier alpha value is -14.8. The number of rotatable bonds is 33. The Morgan fingerprint density at radius 1 is 0.403 bits per heavy atom. The van der Waals surface area contributed by atoms with Crippen LogP contribution in [0.25, 0.3) is 89.2 Å². The number of aryl methyl sites for hydroxylation is 4. The van der Waals surface area contributed by atoms with Crippen molar-refractivity contribution in [1.29, 1.82) is 5.26 Å². The van der Waals surface area contributed by atoms with Gasteiger partial charge >= 0.3 is 0 Å². The molecule has 8 aromatic carbocycles. The van der Waals surface area contributed by atoms with E-state index in [1.54, 1.807) is 130 Å². The Labute approximate surface area is 818 Å². The highest BCUT2D eigenvalue weighted by Gasteiger charge is 2.28. The molecule has 0 aliphatic carbocycles. The molecule has 3 fully saturated rings. The number of methoxy groups -OCH3 is 7. The molecular weight excluding hydrogens is 1800 g/mol. The quantitative estimate of drug-likeness (QED) is 0.0386. The summed E-state index contributed by atoms with van der Waals surface area (Å²) in [7, 11) is 19.1. The molecule has 2 N–H and O–H groups in total. The molecule has 3 aliphatic heterocycles. The predicted octanol–water partition coefficient (Wildman–Crippen LogP) is 16.2. The van der Waals surface area contributed by atoms with Crippen LogP contribution in [0.5, 0.6) is 40.2 Å². The maximum atomic E-state index is 12.1. The standard InChI is InChI=1S/C28H34N6O3.C27H29N7O2.C27H30N6O3.C21H20ClN5O2.H2S/c1-32-18-20(16-30-32)28-17-29-26-8-7-21(14-27(26)31-28)34(11-5-10-33-9-4-6-22(33)19-35)23-12-24(36-2)15-25(13-23)37-3;1-32-18-20(15-30-32)27-16-29-25-5-4-21(12-26(25)31-27)34(9-8-33-7-6-19(14-28)17-33)22-10-23(35-2)13-24(11-22)36-3;1-31-18-19(16-29-31)26-17-28-24-8-7-20(14-25(24)30-26)33(11-5-10-32-9-4-6-27(32)34)21-12-22(35-2)15-23(13-21)36-3;1-26-13-14(11-24-26)20-12-23-18-6-3-15(9-19(18)25-20)27(7-8-28)21-10-16(29-2)4-5-17(21)22;/h7-8,12-18,22,35H,4-6,9-11,19H2,1-3H3;4-5,10-13,15-16,18-19H,6-9,17H2,1-3H3;7-8,12-18H,4-6,9-11H2,1-3H3;3-6,9-13,28H,7-8H2,1-2H3;1H2/t22-;19-;;;/m01.../s1. The third-order valence-corrected chi connectivity index (χ3v) is 25.0. The number of amides is 1. The second-order valence-electron chi connectivity index (χ2n) is 33.8. The van der Waals surface area contributed by atoms with Crippen LogP contribution >= 0.6 is 25.1 Å². The van der Waals surface area contributed by atoms with E-state index in [9.17, 15) is 20.3 Å². The minimum atomic E-state index is -0.0347. The molecule has 0 unspecified atom stereocenters. The van der Waals surface area contributed by atoms with Crippen LogP contribution in [0.1, 0.15) is 44.9 Å². The van der Waals surface area contributed by atoms with Crippen LogP contribution in [-0.2, 0) is 33.0 Å². The molecule has 36 heteroatoms. The van der Waals surface area contributed by atoms with Crippen LogP contribution in [0, 0.1) is 17.2 Å². The number of anilines is 8. The SMILES string of the molecule is COc1cc(OC)cc(N(CCCN2CCCC2=O)c2ccc3ncc(-c4cnn(C)c4)nc3c2)c1.COc1cc(OC)cc(N(CCCN2CCC[C@H]2CO)c2ccc3ncc(-c4cnn(C)c4)nc3c2)c1.COc1cc(OC)cc(N(CCN2CC[C@H](C#N)C2)c2ccc3ncc(-c4cnn(C)c4)nc3c2)c1.COc1ccc(Cl)c(N(CCO)c2ccc3ncc(-c4cnn(C)c4)nc3c2)c1.S. The van der Waals surface area contributed by atoms with Gasteiger partial charge in [0.15, 0.2) is 0 Å². The number of hydrogen-bond donors (Lipinski definition) is 2. The first kappa shape index (κ1) is 98.7. The molecule has 8 aromatic heterocycles. The van der Waals surface area contributed by atoms with Crippen molar-refractivity contribution in [1.82, 2.24) is 93.7 Å². The fourth-order valence-electron chi connectivity index (χ4n) is 17.4. The first-order chi connectivity index (χ1) is 67.2. The molecule has 1 amide bonds. The molecule has 34 nitrogen and oxygen atoms in total. The van der Waals surface area contributed by atoms with Gasteiger partial charge in [-0.1, -0.05) is 11.6 Å². The number of aromatic nitrogens is 16. The molecule has 19 rings (SSSR count). The highest BCUT2D eigenvalue weighted by molar-refractivity contribution is 7.59. The van der Waals surface area contributed by atoms with Crippen molar-refractivity contribution in [3.8, 4) is 91.3 Å². The summed E-state index contributed by atoms with van der Waals surface area (Å²) in [5.74, 6) is 5.38. The third-order valence-electron chi connectivity index (χ3n) is 24.7. The van der Waals surface area contributed by atoms with Gasteiger partial charge in [-0.2, -0.15) is 39.2 Å². The summed E-state index contributed by atoms with van der Waals surface area (Å²) in [5.41, 5.74) is 20.6. The van der Waals surface area contributed by atoms with E-state index in [2.05, 4.69) is 101 Å². The predicted molar refractivity (Wildman–Crippen MR) is 546 cm³/mol. The first-order valence-electron chi connectivity index (χ1n) is 45.8. The van der Waals surface area contributed by atoms with Crippen molar-refractivity contribution in [2.24, 2.45) is 34.1 Å². The number of aliphatic hydroxyl groups is 2. The normalized spacial score (nSPS) is 14.1. The minimum Gasteiger partial charge on any atom is -0.497 e. The lowest BCUT2D eigenvalue weighted by Crippen LogP contribution is -2.34. The Balaban J connectivity index is 0.000000141. The van der Waals surface area contributed by atoms with Crippen molar-refractivity contribution in [3.05, 3.63) is 225 Å². The van der Waals surface area contributed by atoms with Gasteiger partial charge in [0.1, 0.15) is 40.2 Å². The van der Waals surface area contributed by atoms with Crippen molar-refractivity contribution < 1.29 is 48.2 Å². The van der Waals surface area contributed by atoms with Crippen molar-refractivity contribution in [3.63, 3.8) is 0 Å². The lowest BCUT2D eigenvalue weighted by molar-refractivity contribution is -0.127. The van der Waals surface area contributed by atoms with Gasteiger partial charge in [0, 0.05) is 247 Å². The van der Waals surface area contributed by atoms with E-state index in [0.717, 1.165) is 255 Å². The molecule has 0 saturated carbocycles. The summed E-state index contributed by atoms with van der Waals surface area (Å²) in [6, 6.07) is 49.9. The van der Waals surface area contributed by atoms with Gasteiger partial charge in [0.05, 0.1) is 202 Å². The molecular formula is C103H115ClN24O10S. The van der Waals surface area contributed by atoms with Gasteiger partial charge in [-0.05, 0) is 137 Å². The summed E-state index contributed by atoms with van der Waals surface area (Å²) in [4.78, 5) is 65.3. The van der Waals surface area contributed by atoms with E-state index in [4.69, 9.17) is 64.7 Å². The second kappa shape index (κ2) is 46.4. The number of carbonyl (C=O) groups excluding carboxylic acids is 1. The highest BCUT2D eigenvalue weighted by Crippen LogP contribution is 2.41. The number of hydrogen-bond acceptors (Lipinski definition) is 29. The van der Waals surface area contributed by atoms with E-state index in [1.165, 1.54) is 0 Å². The van der Waals surface area contributed by atoms with Gasteiger partial charge in [0.2, 0.25) is 5.91 Å². The average molecular weight is 1920 g/mol. The van der Waals surface area contributed by atoms with Crippen molar-refractivity contribution >= 4 is 121 Å². The molecule has 139 heavy (non-hydrogen) atoms. The summed E-state index contributed by atoms with van der Waals surface area (Å²) in [6.45, 7) is 8.90. The molecule has 11 heterocycles. The third kappa shape index (κ3) is 24.2. The van der Waals surface area contributed by atoms with Crippen LogP contribution in [0.4, 0.5) is 45.5 Å². The molecule has 3 saturated heterocycles. The van der Waals surface area contributed by atoms with E-state index in [-0.39, 0.29) is 44.6 Å². The Morgan fingerprint density at radius 3 is 1.12 bits per heavy atom. The van der Waals surface area contributed by atoms with Crippen LogP contribution in [0.15, 0.2) is 220 Å². The van der Waals surface area contributed by atoms with Gasteiger partial charge in [-0.15, -0.1) is 0 Å². The van der Waals surface area contributed by atoms with Gasteiger partial charge in [-0.3, -0.25) is 48.4 Å². The number of benzene rings is 8. The van der Waals surface area contributed by atoms with Crippen LogP contribution in [-0.4, -0.2) is 251 Å². The van der Waals surface area contributed by atoms with Crippen LogP contribution in [0.2, 0.25) is 5.02 Å². The van der Waals surface area contributed by atoms with E-state index >= 15 is 0 Å². The lowest BCUT2D eigenvalue weighted by atomic mass is 10.1. The summed E-state index contributed by atoms with van der Waals surface area (Å²) < 4.78 is 45.6. The molecule has 0 bridgehead atoms. The number of carbonyl (C=O) groups is 1. The minimum absolute atomic E-state index is 0. The fourth-order valence-corrected chi connectivity index (χ4v) is 17.6. The first-order valence-corrected chi connectivity index (χ1v) is 46.2. The van der Waals surface area contributed by atoms with Gasteiger partial charge < -0.3 is 72.8 Å². The number of fused-ring (bicyclic) bond motifs is 4. The molecule has 720 valence electrons. The highest BCUT2D eigenvalue weighted by atomic mass is 35.5. The smallest absolute Gasteiger partial charge is 0.222 e. The van der Waals surface area contributed by atoms with Crippen LogP contribution < -0.4 is 52.8 Å². The van der Waals surface area contributed by atoms with E-state index in [1.807, 2.05) is 166 Å². The number of aliphatic hydroxyl groups excluding tert-OH is 2. The van der Waals surface area contributed by atoms with E-state index in [0.29, 0.717) is 41.8 Å². The number of nitrogens with zero attached hydrogens (tertiary/aromatic N) is 24. The van der Waals surface area contributed by atoms with Gasteiger partial charge in [-0.25, -0.2) is 19.9 Å². The summed E-state index contributed by atoms with van der Waals surface area (Å²) in [6.07, 6.45) is 28.4. The summed E-state index contributed by atoms with van der Waals surface area (Å²) >= 11 is 6.44. The average Bonchev–Trinajstić information content (AvgIpc) is 1.73. The zero-order chi connectivity index (χ0) is 96.3. The zero-order valence-corrected chi connectivity index (χ0v) is 81.6.